The van der Waals surface area contributed by atoms with E-state index in [4.69, 9.17) is 0 Å². The van der Waals surface area contributed by atoms with Crippen LogP contribution >= 0.6 is 0 Å². The molecule has 0 unspecified atom stereocenters. The SMILES string of the molecule is CCCCO[Si](=O)[O-].C[N+](C)(C)C. The Morgan fingerprint density at radius 3 is 1.92 bits per heavy atom. The minimum atomic E-state index is -2.91. The van der Waals surface area contributed by atoms with Crippen LogP contribution in [0.4, 0.5) is 0 Å². The molecule has 0 atom stereocenters. The van der Waals surface area contributed by atoms with Gasteiger partial charge in [0, 0.05) is 6.61 Å². The van der Waals surface area contributed by atoms with E-state index in [1.165, 1.54) is 0 Å². The predicted octanol–water partition coefficient (Wildman–Crippen LogP) is -0.0988. The van der Waals surface area contributed by atoms with Crippen molar-refractivity contribution < 1.29 is 18.2 Å². The van der Waals surface area contributed by atoms with Gasteiger partial charge in [0.2, 0.25) is 0 Å². The third kappa shape index (κ3) is 50.7. The van der Waals surface area contributed by atoms with Crippen LogP contribution in [-0.4, -0.2) is 48.5 Å². The zero-order valence-corrected chi connectivity index (χ0v) is 10.3. The maximum Gasteiger partial charge on any atom is 0.413 e. The first-order valence-corrected chi connectivity index (χ1v) is 5.62. The van der Waals surface area contributed by atoms with Crippen molar-refractivity contribution in [2.45, 2.75) is 19.8 Å². The molecule has 0 aromatic heterocycles. The zero-order valence-electron chi connectivity index (χ0n) is 9.29. The molecule has 0 saturated heterocycles. The van der Waals surface area contributed by atoms with Gasteiger partial charge in [-0.3, -0.25) is 0 Å². The third-order valence-electron chi connectivity index (χ3n) is 0.718. The first kappa shape index (κ1) is 15.1. The van der Waals surface area contributed by atoms with Crippen LogP contribution in [-0.2, 0) is 8.89 Å². The second-order valence-electron chi connectivity index (χ2n) is 4.14. The summed E-state index contributed by atoms with van der Waals surface area (Å²) in [5, 5.41) is 0. The summed E-state index contributed by atoms with van der Waals surface area (Å²) in [5.74, 6) is 0. The minimum absolute atomic E-state index is 0.345. The van der Waals surface area contributed by atoms with Crippen molar-refractivity contribution in [3.05, 3.63) is 0 Å². The van der Waals surface area contributed by atoms with E-state index in [1.54, 1.807) is 0 Å². The molecule has 0 bridgehead atoms. The number of quaternary nitrogens is 1. The molecule has 0 radical (unpaired) electrons. The van der Waals surface area contributed by atoms with Gasteiger partial charge in [-0.25, -0.2) is 0 Å². The average Bonchev–Trinajstić information content (AvgIpc) is 1.83. The third-order valence-corrected chi connectivity index (χ3v) is 1.16. The number of hydrogen-bond donors (Lipinski definition) is 0. The highest BCUT2D eigenvalue weighted by Crippen LogP contribution is 1.84. The smallest absolute Gasteiger partial charge is 0.413 e. The quantitative estimate of drug-likeness (QED) is 0.367. The Morgan fingerprint density at radius 1 is 1.31 bits per heavy atom. The molecule has 5 heteroatoms. The molecule has 0 N–H and O–H groups in total. The van der Waals surface area contributed by atoms with E-state index in [2.05, 4.69) is 32.6 Å². The zero-order chi connectivity index (χ0) is 10.9. The molecule has 13 heavy (non-hydrogen) atoms. The lowest BCUT2D eigenvalue weighted by atomic mass is 10.4. The summed E-state index contributed by atoms with van der Waals surface area (Å²) in [6, 6.07) is 0. The van der Waals surface area contributed by atoms with Gasteiger partial charge in [-0.2, -0.15) is 0 Å². The van der Waals surface area contributed by atoms with Crippen molar-refractivity contribution in [2.24, 2.45) is 0 Å². The van der Waals surface area contributed by atoms with E-state index >= 15 is 0 Å². The summed E-state index contributed by atoms with van der Waals surface area (Å²) < 4.78 is 15.0. The van der Waals surface area contributed by atoms with Crippen molar-refractivity contribution >= 4 is 9.17 Å². The van der Waals surface area contributed by atoms with Gasteiger partial charge in [0.25, 0.3) is 0 Å². The molecule has 0 heterocycles. The number of rotatable bonds is 4. The average molecular weight is 207 g/mol. The highest BCUT2D eigenvalue weighted by atomic mass is 28.3. The van der Waals surface area contributed by atoms with Gasteiger partial charge in [0.1, 0.15) is 0 Å². The first-order valence-electron chi connectivity index (χ1n) is 4.40. The molecule has 0 aromatic carbocycles. The fourth-order valence-electron chi connectivity index (χ4n) is 0.300. The largest absolute Gasteiger partial charge is 0.588 e. The Kier molecular flexibility index (Phi) is 9.49. The van der Waals surface area contributed by atoms with Crippen molar-refractivity contribution in [1.29, 1.82) is 0 Å². The van der Waals surface area contributed by atoms with Crippen LogP contribution in [0.25, 0.3) is 0 Å². The summed E-state index contributed by atoms with van der Waals surface area (Å²) >= 11 is 0. The van der Waals surface area contributed by atoms with Gasteiger partial charge in [0.15, 0.2) is 0 Å². The standard InChI is InChI=1S/C4H12N.C4H9O3Si/c1-5(2,3)4;1-2-3-4-7-8(5)6/h1-4H3;2-4H2,1H3/q+1;-1. The number of hydrogen-bond acceptors (Lipinski definition) is 3. The lowest BCUT2D eigenvalue weighted by Gasteiger charge is -2.14. The van der Waals surface area contributed by atoms with E-state index in [9.17, 15) is 9.26 Å². The second-order valence-corrected chi connectivity index (χ2v) is 4.92. The van der Waals surface area contributed by atoms with Crippen LogP contribution in [0, 0.1) is 0 Å². The van der Waals surface area contributed by atoms with Gasteiger partial charge < -0.3 is 18.2 Å². The Labute approximate surface area is 82.6 Å². The van der Waals surface area contributed by atoms with Crippen LogP contribution in [0.3, 0.4) is 0 Å². The first-order chi connectivity index (χ1) is 5.77. The minimum Gasteiger partial charge on any atom is -0.588 e. The second kappa shape index (κ2) is 8.19. The van der Waals surface area contributed by atoms with Crippen LogP contribution in [0.1, 0.15) is 19.8 Å². The van der Waals surface area contributed by atoms with Crippen molar-refractivity contribution in [3.8, 4) is 0 Å². The molecule has 0 spiro atoms. The Balaban J connectivity index is 0. The van der Waals surface area contributed by atoms with Crippen molar-refractivity contribution in [2.75, 3.05) is 34.8 Å². The van der Waals surface area contributed by atoms with Crippen LogP contribution in [0.2, 0.25) is 0 Å². The van der Waals surface area contributed by atoms with Gasteiger partial charge >= 0.3 is 9.17 Å². The Hall–Kier alpha value is -0.423. The fraction of sp³-hybridized carbons (Fsp3) is 1.00. The Bertz CT molecular complexity index is 128. The topological polar surface area (TPSA) is 49.4 Å². The molecule has 80 valence electrons. The van der Waals surface area contributed by atoms with Crippen molar-refractivity contribution in [1.82, 2.24) is 0 Å². The summed E-state index contributed by atoms with van der Waals surface area (Å²) in [4.78, 5) is 9.73. The van der Waals surface area contributed by atoms with Crippen molar-refractivity contribution in [3.63, 3.8) is 0 Å². The molecular formula is C8H21NO3Si. The molecule has 0 aliphatic carbocycles. The highest BCUT2D eigenvalue weighted by molar-refractivity contribution is 6.21. The van der Waals surface area contributed by atoms with Gasteiger partial charge in [-0.05, 0) is 6.42 Å². The summed E-state index contributed by atoms with van der Waals surface area (Å²) in [6.07, 6.45) is 1.79. The summed E-state index contributed by atoms with van der Waals surface area (Å²) in [6.45, 7) is 2.32. The normalized spacial score (nSPS) is 9.92. The van der Waals surface area contributed by atoms with Crippen LogP contribution in [0.5, 0.6) is 0 Å². The number of nitrogens with zero attached hydrogens (tertiary/aromatic N) is 1. The maximum absolute atomic E-state index is 9.73. The van der Waals surface area contributed by atoms with E-state index in [-0.39, 0.29) is 0 Å². The van der Waals surface area contributed by atoms with Gasteiger partial charge in [0.05, 0.1) is 28.2 Å². The number of unbranched alkanes of at least 4 members (excludes halogenated alkanes) is 1. The lowest BCUT2D eigenvalue weighted by Crippen LogP contribution is -2.27. The van der Waals surface area contributed by atoms with E-state index in [0.29, 0.717) is 6.61 Å². The van der Waals surface area contributed by atoms with Gasteiger partial charge in [-0.15, -0.1) is 0 Å². The highest BCUT2D eigenvalue weighted by Gasteiger charge is 1.88. The monoisotopic (exact) mass is 207 g/mol. The van der Waals surface area contributed by atoms with E-state index in [1.807, 2.05) is 6.92 Å². The predicted molar refractivity (Wildman–Crippen MR) is 51.3 cm³/mol. The molecule has 0 aliphatic rings. The van der Waals surface area contributed by atoms with Crippen LogP contribution in [0.15, 0.2) is 0 Å². The van der Waals surface area contributed by atoms with Crippen LogP contribution < -0.4 is 4.80 Å². The summed E-state index contributed by atoms with van der Waals surface area (Å²) in [5.41, 5.74) is 0. The molecule has 4 nitrogen and oxygen atoms in total. The summed E-state index contributed by atoms with van der Waals surface area (Å²) in [7, 11) is 5.59. The molecule has 0 saturated carbocycles. The molecule has 0 fully saturated rings. The molecule has 0 rings (SSSR count). The van der Waals surface area contributed by atoms with E-state index < -0.39 is 9.17 Å². The molecule has 0 aromatic rings. The van der Waals surface area contributed by atoms with E-state index in [0.717, 1.165) is 17.3 Å². The Morgan fingerprint density at radius 2 is 1.69 bits per heavy atom. The van der Waals surface area contributed by atoms with Gasteiger partial charge in [-0.1, -0.05) is 13.3 Å². The molecule has 0 amide bonds. The molecule has 0 aliphatic heterocycles. The fourth-order valence-corrected chi connectivity index (χ4v) is 0.611. The molecular weight excluding hydrogens is 186 g/mol. The lowest BCUT2D eigenvalue weighted by molar-refractivity contribution is -0.849. The maximum atomic E-state index is 9.73.